The van der Waals surface area contributed by atoms with Crippen LogP contribution < -0.4 is 0 Å². The van der Waals surface area contributed by atoms with Crippen LogP contribution in [0.15, 0.2) is 4.52 Å². The number of carboxylic acids is 1. The van der Waals surface area contributed by atoms with Gasteiger partial charge in [0.15, 0.2) is 5.82 Å². The van der Waals surface area contributed by atoms with Crippen LogP contribution in [0.3, 0.4) is 0 Å². The molecule has 0 saturated heterocycles. The van der Waals surface area contributed by atoms with Gasteiger partial charge >= 0.3 is 5.97 Å². The van der Waals surface area contributed by atoms with Gasteiger partial charge in [0.1, 0.15) is 0 Å². The van der Waals surface area contributed by atoms with Crippen LogP contribution in [0.4, 0.5) is 0 Å². The Morgan fingerprint density at radius 1 is 1.44 bits per heavy atom. The highest BCUT2D eigenvalue weighted by molar-refractivity contribution is 5.69. The molecule has 0 unspecified atom stereocenters. The summed E-state index contributed by atoms with van der Waals surface area (Å²) < 4.78 is 5.11. The monoisotopic (exact) mass is 255 g/mol. The molecule has 0 radical (unpaired) electrons. The summed E-state index contributed by atoms with van der Waals surface area (Å²) in [7, 11) is 0. The van der Waals surface area contributed by atoms with Crippen LogP contribution in [0, 0.1) is 0 Å². The van der Waals surface area contributed by atoms with Crippen molar-refractivity contribution in [1.82, 2.24) is 15.0 Å². The second kappa shape index (κ2) is 5.48. The van der Waals surface area contributed by atoms with Crippen LogP contribution in [0.5, 0.6) is 0 Å². The number of carboxylic acid groups (broad SMARTS) is 1. The van der Waals surface area contributed by atoms with Crippen molar-refractivity contribution in [1.29, 1.82) is 0 Å². The zero-order valence-electron chi connectivity index (χ0n) is 11.6. The van der Waals surface area contributed by atoms with E-state index in [0.29, 0.717) is 18.3 Å². The van der Waals surface area contributed by atoms with Crippen molar-refractivity contribution in [3.63, 3.8) is 0 Å². The Kier molecular flexibility index (Phi) is 4.45. The smallest absolute Gasteiger partial charge is 0.317 e. The molecule has 0 fully saturated rings. The van der Waals surface area contributed by atoms with E-state index in [-0.39, 0.29) is 18.0 Å². The van der Waals surface area contributed by atoms with E-state index in [1.54, 1.807) is 4.90 Å². The molecule has 0 spiro atoms. The van der Waals surface area contributed by atoms with E-state index in [1.807, 2.05) is 34.6 Å². The Hall–Kier alpha value is -1.43. The molecule has 1 aromatic heterocycles. The number of hydrogen-bond acceptors (Lipinski definition) is 5. The minimum Gasteiger partial charge on any atom is -0.480 e. The van der Waals surface area contributed by atoms with E-state index >= 15 is 0 Å². The van der Waals surface area contributed by atoms with Gasteiger partial charge in [0.05, 0.1) is 13.1 Å². The molecule has 102 valence electrons. The molecular formula is C12H21N3O3. The molecule has 0 bridgehead atoms. The van der Waals surface area contributed by atoms with E-state index in [9.17, 15) is 4.79 Å². The molecule has 0 amide bonds. The highest BCUT2D eigenvalue weighted by atomic mass is 16.5. The second-order valence-electron chi connectivity index (χ2n) is 5.62. The fourth-order valence-electron chi connectivity index (χ4n) is 1.43. The van der Waals surface area contributed by atoms with Crippen molar-refractivity contribution in [2.45, 2.75) is 52.6 Å². The minimum atomic E-state index is -0.863. The van der Waals surface area contributed by atoms with Gasteiger partial charge in [-0.1, -0.05) is 19.0 Å². The minimum absolute atomic E-state index is 0.0466. The summed E-state index contributed by atoms with van der Waals surface area (Å²) in [5.41, 5.74) is -0.267. The molecule has 6 heteroatoms. The molecule has 0 saturated carbocycles. The number of hydrogen-bond donors (Lipinski definition) is 1. The number of rotatable bonds is 5. The number of nitrogens with zero attached hydrogens (tertiary/aromatic N) is 3. The van der Waals surface area contributed by atoms with E-state index < -0.39 is 5.97 Å². The summed E-state index contributed by atoms with van der Waals surface area (Å²) >= 11 is 0. The molecule has 0 aliphatic rings. The Morgan fingerprint density at radius 3 is 2.44 bits per heavy atom. The first-order valence-electron chi connectivity index (χ1n) is 5.99. The normalized spacial score (nSPS) is 12.4. The molecule has 1 aromatic rings. The molecule has 0 aliphatic carbocycles. The highest BCUT2D eigenvalue weighted by Crippen LogP contribution is 2.17. The van der Waals surface area contributed by atoms with Crippen molar-refractivity contribution < 1.29 is 14.4 Å². The summed E-state index contributed by atoms with van der Waals surface area (Å²) in [4.78, 5) is 16.9. The Balaban J connectivity index is 2.79. The first-order chi connectivity index (χ1) is 8.20. The van der Waals surface area contributed by atoms with Crippen LogP contribution in [-0.4, -0.2) is 38.2 Å². The van der Waals surface area contributed by atoms with Gasteiger partial charge in [-0.05, 0) is 20.8 Å². The molecule has 0 atom stereocenters. The molecule has 0 aliphatic heterocycles. The second-order valence-corrected chi connectivity index (χ2v) is 5.62. The Bertz CT molecular complexity index is 407. The average Bonchev–Trinajstić information content (AvgIpc) is 2.63. The van der Waals surface area contributed by atoms with Crippen LogP contribution in [-0.2, 0) is 11.3 Å². The maximum atomic E-state index is 10.9. The standard InChI is InChI=1S/C12H21N3O3/c1-8(2)11-13-9(14-18-11)6-15(7-10(16)17)12(3,4)5/h8H,6-7H2,1-5H3,(H,16,17). The van der Waals surface area contributed by atoms with E-state index in [4.69, 9.17) is 9.63 Å². The third-order valence-corrected chi connectivity index (χ3v) is 2.58. The Morgan fingerprint density at radius 2 is 2.06 bits per heavy atom. The van der Waals surface area contributed by atoms with Gasteiger partial charge in [0.25, 0.3) is 0 Å². The van der Waals surface area contributed by atoms with Crippen LogP contribution in [0.1, 0.15) is 52.3 Å². The van der Waals surface area contributed by atoms with Crippen LogP contribution >= 0.6 is 0 Å². The summed E-state index contributed by atoms with van der Waals surface area (Å²) in [6.07, 6.45) is 0. The van der Waals surface area contributed by atoms with Crippen LogP contribution in [0.2, 0.25) is 0 Å². The summed E-state index contributed by atoms with van der Waals surface area (Å²) in [5, 5.41) is 12.8. The van der Waals surface area contributed by atoms with Crippen molar-refractivity contribution >= 4 is 5.97 Å². The molecule has 1 heterocycles. The number of aliphatic carboxylic acids is 1. The van der Waals surface area contributed by atoms with Gasteiger partial charge in [-0.2, -0.15) is 4.98 Å². The lowest BCUT2D eigenvalue weighted by Crippen LogP contribution is -2.44. The van der Waals surface area contributed by atoms with Crippen molar-refractivity contribution in [2.24, 2.45) is 0 Å². The maximum Gasteiger partial charge on any atom is 0.317 e. The molecular weight excluding hydrogens is 234 g/mol. The van der Waals surface area contributed by atoms with Gasteiger partial charge in [-0.25, -0.2) is 0 Å². The molecule has 6 nitrogen and oxygen atoms in total. The van der Waals surface area contributed by atoms with E-state index in [2.05, 4.69) is 10.1 Å². The average molecular weight is 255 g/mol. The lowest BCUT2D eigenvalue weighted by Gasteiger charge is -2.33. The lowest BCUT2D eigenvalue weighted by atomic mass is 10.1. The fraction of sp³-hybridized carbons (Fsp3) is 0.750. The Labute approximate surface area is 107 Å². The van der Waals surface area contributed by atoms with E-state index in [0.717, 1.165) is 0 Å². The zero-order chi connectivity index (χ0) is 13.9. The first-order valence-corrected chi connectivity index (χ1v) is 5.99. The summed E-state index contributed by atoms with van der Waals surface area (Å²) in [6, 6.07) is 0. The maximum absolute atomic E-state index is 10.9. The molecule has 0 aromatic carbocycles. The van der Waals surface area contributed by atoms with Gasteiger partial charge in [0, 0.05) is 11.5 Å². The van der Waals surface area contributed by atoms with E-state index in [1.165, 1.54) is 0 Å². The number of carbonyl (C=O) groups is 1. The third kappa shape index (κ3) is 4.10. The third-order valence-electron chi connectivity index (χ3n) is 2.58. The van der Waals surface area contributed by atoms with Crippen molar-refractivity contribution in [3.8, 4) is 0 Å². The summed E-state index contributed by atoms with van der Waals surface area (Å²) in [6.45, 7) is 10.1. The lowest BCUT2D eigenvalue weighted by molar-refractivity contribution is -0.140. The SMILES string of the molecule is CC(C)c1nc(CN(CC(=O)O)C(C)(C)C)no1. The quantitative estimate of drug-likeness (QED) is 0.865. The van der Waals surface area contributed by atoms with Crippen LogP contribution in [0.25, 0.3) is 0 Å². The van der Waals surface area contributed by atoms with Crippen molar-refractivity contribution in [3.05, 3.63) is 11.7 Å². The predicted molar refractivity (Wildman–Crippen MR) is 66.2 cm³/mol. The van der Waals surface area contributed by atoms with Gasteiger partial charge in [-0.3, -0.25) is 9.69 Å². The zero-order valence-corrected chi connectivity index (χ0v) is 11.6. The topological polar surface area (TPSA) is 79.5 Å². The molecule has 18 heavy (non-hydrogen) atoms. The fourth-order valence-corrected chi connectivity index (χ4v) is 1.43. The van der Waals surface area contributed by atoms with Crippen molar-refractivity contribution in [2.75, 3.05) is 6.54 Å². The van der Waals surface area contributed by atoms with Gasteiger partial charge in [-0.15, -0.1) is 0 Å². The molecule has 1 rings (SSSR count). The highest BCUT2D eigenvalue weighted by Gasteiger charge is 2.25. The number of aromatic nitrogens is 2. The first kappa shape index (κ1) is 14.6. The summed E-state index contributed by atoms with van der Waals surface area (Å²) in [5.74, 6) is 0.412. The molecule has 1 N–H and O–H groups in total. The van der Waals surface area contributed by atoms with Gasteiger partial charge < -0.3 is 9.63 Å². The van der Waals surface area contributed by atoms with Gasteiger partial charge in [0.2, 0.25) is 5.89 Å². The largest absolute Gasteiger partial charge is 0.480 e. The predicted octanol–water partition coefficient (Wildman–Crippen LogP) is 1.88.